The molecule has 1 aliphatic heterocycles. The van der Waals surface area contributed by atoms with Crippen LogP contribution in [0.1, 0.15) is 17.3 Å². The molecule has 1 amide bonds. The normalized spacial score (nSPS) is 23.2. The van der Waals surface area contributed by atoms with E-state index < -0.39 is 0 Å². The van der Waals surface area contributed by atoms with Gasteiger partial charge in [0.2, 0.25) is 0 Å². The second kappa shape index (κ2) is 6.04. The lowest BCUT2D eigenvalue weighted by Gasteiger charge is -2.36. The van der Waals surface area contributed by atoms with Crippen LogP contribution in [0.25, 0.3) is 0 Å². The zero-order chi connectivity index (χ0) is 13.8. The Kier molecular flexibility index (Phi) is 4.39. The molecule has 2 atom stereocenters. The van der Waals surface area contributed by atoms with E-state index in [-0.39, 0.29) is 24.7 Å². The number of methoxy groups -OCH3 is 1. The molecule has 0 saturated carbocycles. The van der Waals surface area contributed by atoms with Crippen LogP contribution in [0.3, 0.4) is 0 Å². The van der Waals surface area contributed by atoms with Crippen molar-refractivity contribution < 1.29 is 19.4 Å². The van der Waals surface area contributed by atoms with Gasteiger partial charge in [0.25, 0.3) is 5.91 Å². The number of hydrogen-bond donors (Lipinski definition) is 1. The Morgan fingerprint density at radius 1 is 1.53 bits per heavy atom. The minimum atomic E-state index is -0.307. The molecule has 0 aliphatic carbocycles. The highest BCUT2D eigenvalue weighted by Gasteiger charge is 2.28. The molecule has 1 heterocycles. The van der Waals surface area contributed by atoms with Crippen molar-refractivity contribution in [1.29, 1.82) is 0 Å². The molecule has 1 aromatic rings. The fourth-order valence-corrected chi connectivity index (χ4v) is 2.25. The first-order valence-corrected chi connectivity index (χ1v) is 6.33. The lowest BCUT2D eigenvalue weighted by Crippen LogP contribution is -2.50. The van der Waals surface area contributed by atoms with Crippen molar-refractivity contribution in [3.63, 3.8) is 0 Å². The van der Waals surface area contributed by atoms with E-state index in [2.05, 4.69) is 0 Å². The summed E-state index contributed by atoms with van der Waals surface area (Å²) in [6.07, 6.45) is -0.376. The number of carbonyl (C=O) groups excluding carboxylic acids is 1. The third-order valence-electron chi connectivity index (χ3n) is 3.13. The summed E-state index contributed by atoms with van der Waals surface area (Å²) >= 11 is 0. The van der Waals surface area contributed by atoms with Crippen LogP contribution in [0.15, 0.2) is 24.3 Å². The van der Waals surface area contributed by atoms with E-state index in [1.165, 1.54) is 0 Å². The molecule has 5 nitrogen and oxygen atoms in total. The largest absolute Gasteiger partial charge is 0.497 e. The topological polar surface area (TPSA) is 59.0 Å². The molecule has 0 aromatic heterocycles. The molecule has 2 unspecified atom stereocenters. The Balaban J connectivity index is 2.13. The van der Waals surface area contributed by atoms with Crippen LogP contribution in [0, 0.1) is 0 Å². The maximum absolute atomic E-state index is 12.4. The van der Waals surface area contributed by atoms with Gasteiger partial charge in [-0.3, -0.25) is 4.79 Å². The van der Waals surface area contributed by atoms with Crippen molar-refractivity contribution >= 4 is 5.91 Å². The molecule has 2 rings (SSSR count). The second-order valence-electron chi connectivity index (χ2n) is 4.69. The monoisotopic (exact) mass is 265 g/mol. The van der Waals surface area contributed by atoms with Crippen LogP contribution < -0.4 is 4.74 Å². The van der Waals surface area contributed by atoms with Crippen LogP contribution in [0.5, 0.6) is 5.75 Å². The Hall–Kier alpha value is -1.59. The number of hydrogen-bond acceptors (Lipinski definition) is 4. The number of morpholine rings is 1. The molecule has 1 aromatic carbocycles. The summed E-state index contributed by atoms with van der Waals surface area (Å²) in [5, 5.41) is 9.18. The van der Waals surface area contributed by atoms with Crippen molar-refractivity contribution in [2.45, 2.75) is 19.1 Å². The van der Waals surface area contributed by atoms with Crippen molar-refractivity contribution in [2.24, 2.45) is 0 Å². The van der Waals surface area contributed by atoms with Gasteiger partial charge in [-0.1, -0.05) is 6.07 Å². The summed E-state index contributed by atoms with van der Waals surface area (Å²) in [5.74, 6) is 0.596. The minimum Gasteiger partial charge on any atom is -0.497 e. The van der Waals surface area contributed by atoms with E-state index in [1.807, 2.05) is 6.92 Å². The number of aliphatic hydroxyl groups excluding tert-OH is 1. The maximum atomic E-state index is 12.4. The third kappa shape index (κ3) is 3.24. The van der Waals surface area contributed by atoms with Gasteiger partial charge in [0, 0.05) is 18.7 Å². The summed E-state index contributed by atoms with van der Waals surface area (Å²) < 4.78 is 10.6. The van der Waals surface area contributed by atoms with Crippen LogP contribution in [-0.2, 0) is 4.74 Å². The fraction of sp³-hybridized carbons (Fsp3) is 0.500. The Bertz CT molecular complexity index is 449. The predicted octanol–water partition coefficient (Wildman–Crippen LogP) is 0.917. The summed E-state index contributed by atoms with van der Waals surface area (Å²) in [7, 11) is 1.57. The van der Waals surface area contributed by atoms with E-state index in [0.29, 0.717) is 24.4 Å². The van der Waals surface area contributed by atoms with Gasteiger partial charge in [0.1, 0.15) is 5.75 Å². The van der Waals surface area contributed by atoms with Gasteiger partial charge in [0.05, 0.1) is 25.9 Å². The van der Waals surface area contributed by atoms with Crippen LogP contribution >= 0.6 is 0 Å². The molecular weight excluding hydrogens is 246 g/mol. The zero-order valence-electron chi connectivity index (χ0n) is 11.2. The predicted molar refractivity (Wildman–Crippen MR) is 70.3 cm³/mol. The van der Waals surface area contributed by atoms with Gasteiger partial charge in [-0.15, -0.1) is 0 Å². The van der Waals surface area contributed by atoms with Crippen LogP contribution in [0.2, 0.25) is 0 Å². The Morgan fingerprint density at radius 3 is 3.00 bits per heavy atom. The van der Waals surface area contributed by atoms with E-state index >= 15 is 0 Å². The molecule has 104 valence electrons. The van der Waals surface area contributed by atoms with Gasteiger partial charge >= 0.3 is 0 Å². The zero-order valence-corrected chi connectivity index (χ0v) is 11.2. The molecule has 1 saturated heterocycles. The molecule has 5 heteroatoms. The SMILES string of the molecule is COc1cccc(C(=O)N2CC(C)OC(CO)C2)c1. The second-order valence-corrected chi connectivity index (χ2v) is 4.69. The molecule has 19 heavy (non-hydrogen) atoms. The molecule has 1 N–H and O–H groups in total. The number of rotatable bonds is 3. The van der Waals surface area contributed by atoms with Crippen molar-refractivity contribution in [2.75, 3.05) is 26.8 Å². The van der Waals surface area contributed by atoms with Crippen molar-refractivity contribution in [3.05, 3.63) is 29.8 Å². The Labute approximate surface area is 112 Å². The number of benzene rings is 1. The highest BCUT2D eigenvalue weighted by atomic mass is 16.5. The summed E-state index contributed by atoms with van der Waals surface area (Å²) in [5.41, 5.74) is 0.588. The van der Waals surface area contributed by atoms with E-state index in [4.69, 9.17) is 9.47 Å². The smallest absolute Gasteiger partial charge is 0.254 e. The van der Waals surface area contributed by atoms with E-state index in [9.17, 15) is 9.90 Å². The average Bonchev–Trinajstić information content (AvgIpc) is 2.45. The number of amides is 1. The number of aliphatic hydroxyl groups is 1. The highest BCUT2D eigenvalue weighted by molar-refractivity contribution is 5.94. The first-order chi connectivity index (χ1) is 9.13. The van der Waals surface area contributed by atoms with E-state index in [0.717, 1.165) is 0 Å². The lowest BCUT2D eigenvalue weighted by atomic mass is 10.1. The molecule has 1 aliphatic rings. The van der Waals surface area contributed by atoms with Crippen molar-refractivity contribution in [1.82, 2.24) is 4.90 Å². The lowest BCUT2D eigenvalue weighted by molar-refractivity contribution is -0.0858. The van der Waals surface area contributed by atoms with Crippen LogP contribution in [-0.4, -0.2) is 54.9 Å². The summed E-state index contributed by atoms with van der Waals surface area (Å²) in [6.45, 7) is 2.77. The summed E-state index contributed by atoms with van der Waals surface area (Å²) in [6, 6.07) is 7.07. The first kappa shape index (κ1) is 13.8. The van der Waals surface area contributed by atoms with Crippen molar-refractivity contribution in [3.8, 4) is 5.75 Å². The molecular formula is C14H19NO4. The van der Waals surface area contributed by atoms with Gasteiger partial charge in [-0.05, 0) is 25.1 Å². The quantitative estimate of drug-likeness (QED) is 0.883. The third-order valence-corrected chi connectivity index (χ3v) is 3.13. The summed E-state index contributed by atoms with van der Waals surface area (Å²) in [4.78, 5) is 14.1. The Morgan fingerprint density at radius 2 is 2.32 bits per heavy atom. The molecule has 0 spiro atoms. The van der Waals surface area contributed by atoms with Gasteiger partial charge in [-0.2, -0.15) is 0 Å². The number of nitrogens with zero attached hydrogens (tertiary/aromatic N) is 1. The van der Waals surface area contributed by atoms with E-state index in [1.54, 1.807) is 36.3 Å². The number of carbonyl (C=O) groups is 1. The highest BCUT2D eigenvalue weighted by Crippen LogP contribution is 2.17. The number of ether oxygens (including phenoxy) is 2. The minimum absolute atomic E-state index is 0.0625. The van der Waals surface area contributed by atoms with Gasteiger partial charge < -0.3 is 19.5 Å². The van der Waals surface area contributed by atoms with Gasteiger partial charge in [-0.25, -0.2) is 0 Å². The molecule has 0 bridgehead atoms. The maximum Gasteiger partial charge on any atom is 0.254 e. The molecule has 1 fully saturated rings. The molecule has 0 radical (unpaired) electrons. The standard InChI is InChI=1S/C14H19NO4/c1-10-7-15(8-13(9-16)19-10)14(17)11-4-3-5-12(6-11)18-2/h3-6,10,13,16H,7-9H2,1-2H3. The van der Waals surface area contributed by atoms with Crippen LogP contribution in [0.4, 0.5) is 0 Å². The van der Waals surface area contributed by atoms with Gasteiger partial charge in [0.15, 0.2) is 0 Å². The average molecular weight is 265 g/mol. The first-order valence-electron chi connectivity index (χ1n) is 6.33. The fourth-order valence-electron chi connectivity index (χ4n) is 2.25.